The first kappa shape index (κ1) is 12.4. The van der Waals surface area contributed by atoms with Gasteiger partial charge in [0.2, 0.25) is 0 Å². The third kappa shape index (κ3) is 3.00. The quantitative estimate of drug-likeness (QED) is 0.744. The highest BCUT2D eigenvalue weighted by molar-refractivity contribution is 5.41. The molecule has 0 atom stereocenters. The molecule has 0 aromatic rings. The summed E-state index contributed by atoms with van der Waals surface area (Å²) < 4.78 is 38.9. The molecule has 0 radical (unpaired) electrons. The van der Waals surface area contributed by atoms with Gasteiger partial charge in [-0.3, -0.25) is 0 Å². The molecule has 94 valence electrons. The number of allylic oxidation sites excluding steroid dienone is 6. The van der Waals surface area contributed by atoms with Gasteiger partial charge in [0.05, 0.1) is 5.57 Å². The highest BCUT2D eigenvalue weighted by Crippen LogP contribution is 2.38. The Bertz CT molecular complexity index is 357. The smallest absolute Gasteiger partial charge is 0.317 e. The summed E-state index contributed by atoms with van der Waals surface area (Å²) in [5.41, 5.74) is 0.0298. The normalized spacial score (nSPS) is 23.0. The molecule has 2 aliphatic rings. The van der Waals surface area contributed by atoms with Crippen LogP contribution in [0.25, 0.3) is 0 Å². The highest BCUT2D eigenvalue weighted by Gasteiger charge is 2.38. The SMILES string of the molecule is FC(F)(F)C1=CC=CCC=C1C1CCNCC1. The maximum Gasteiger partial charge on any atom is 0.416 e. The number of alkyl halides is 3. The highest BCUT2D eigenvalue weighted by atomic mass is 19.4. The summed E-state index contributed by atoms with van der Waals surface area (Å²) in [6.45, 7) is 1.61. The maximum atomic E-state index is 13.0. The van der Waals surface area contributed by atoms with E-state index in [-0.39, 0.29) is 5.92 Å². The van der Waals surface area contributed by atoms with Crippen molar-refractivity contribution >= 4 is 0 Å². The van der Waals surface area contributed by atoms with Gasteiger partial charge in [0, 0.05) is 0 Å². The van der Waals surface area contributed by atoms with Crippen molar-refractivity contribution in [1.82, 2.24) is 5.32 Å². The summed E-state index contributed by atoms with van der Waals surface area (Å²) in [6.07, 6.45) is 4.14. The van der Waals surface area contributed by atoms with Crippen molar-refractivity contribution in [1.29, 1.82) is 0 Å². The standard InChI is InChI=1S/C13H16F3N/c14-13(15,16)12-5-3-1-2-4-11(12)10-6-8-17-9-7-10/h1,3-5,10,17H,2,6-9H2. The molecule has 1 aliphatic carbocycles. The van der Waals surface area contributed by atoms with E-state index in [4.69, 9.17) is 0 Å². The first-order valence-corrected chi connectivity index (χ1v) is 5.94. The molecule has 0 unspecified atom stereocenters. The number of rotatable bonds is 1. The first-order valence-electron chi connectivity index (χ1n) is 5.94. The van der Waals surface area contributed by atoms with E-state index in [2.05, 4.69) is 5.32 Å². The van der Waals surface area contributed by atoms with E-state index in [0.717, 1.165) is 25.9 Å². The van der Waals surface area contributed by atoms with Crippen LogP contribution in [0.5, 0.6) is 0 Å². The Morgan fingerprint density at radius 2 is 1.88 bits per heavy atom. The minimum absolute atomic E-state index is 0.0454. The lowest BCUT2D eigenvalue weighted by Crippen LogP contribution is -2.30. The van der Waals surface area contributed by atoms with Gasteiger partial charge in [-0.15, -0.1) is 0 Å². The molecule has 0 bridgehead atoms. The van der Waals surface area contributed by atoms with Crippen LogP contribution in [-0.4, -0.2) is 19.3 Å². The fraction of sp³-hybridized carbons (Fsp3) is 0.538. The lowest BCUT2D eigenvalue weighted by Gasteiger charge is -2.27. The van der Waals surface area contributed by atoms with Crippen LogP contribution in [0, 0.1) is 5.92 Å². The predicted molar refractivity (Wildman–Crippen MR) is 61.6 cm³/mol. The summed E-state index contributed by atoms with van der Waals surface area (Å²) in [5, 5.41) is 3.18. The van der Waals surface area contributed by atoms with Crippen LogP contribution >= 0.6 is 0 Å². The van der Waals surface area contributed by atoms with E-state index in [9.17, 15) is 13.2 Å². The van der Waals surface area contributed by atoms with Crippen molar-refractivity contribution in [2.45, 2.75) is 25.4 Å². The van der Waals surface area contributed by atoms with Gasteiger partial charge < -0.3 is 5.32 Å². The lowest BCUT2D eigenvalue weighted by molar-refractivity contribution is -0.0902. The Balaban J connectivity index is 2.26. The monoisotopic (exact) mass is 243 g/mol. The fourth-order valence-corrected chi connectivity index (χ4v) is 2.42. The molecule has 2 rings (SSSR count). The van der Waals surface area contributed by atoms with Gasteiger partial charge in [-0.25, -0.2) is 0 Å². The van der Waals surface area contributed by atoms with Crippen LogP contribution in [-0.2, 0) is 0 Å². The van der Waals surface area contributed by atoms with E-state index in [0.29, 0.717) is 12.0 Å². The van der Waals surface area contributed by atoms with Crippen LogP contribution in [0.2, 0.25) is 0 Å². The topological polar surface area (TPSA) is 12.0 Å². The molecule has 1 saturated heterocycles. The van der Waals surface area contributed by atoms with Crippen LogP contribution in [0.1, 0.15) is 19.3 Å². The number of nitrogens with one attached hydrogen (secondary N) is 1. The van der Waals surface area contributed by atoms with Crippen molar-refractivity contribution in [3.63, 3.8) is 0 Å². The van der Waals surface area contributed by atoms with Gasteiger partial charge in [-0.2, -0.15) is 13.2 Å². The van der Waals surface area contributed by atoms with Crippen LogP contribution in [0.4, 0.5) is 13.2 Å². The average Bonchev–Trinajstić information content (AvgIpc) is 2.54. The molecular weight excluding hydrogens is 227 g/mol. The number of halogens is 3. The van der Waals surface area contributed by atoms with E-state index in [1.165, 1.54) is 12.2 Å². The maximum absolute atomic E-state index is 13.0. The molecule has 17 heavy (non-hydrogen) atoms. The Labute approximate surface area is 99.1 Å². The summed E-state index contributed by atoms with van der Waals surface area (Å²) in [6, 6.07) is 0. The van der Waals surface area contributed by atoms with Crippen molar-refractivity contribution < 1.29 is 13.2 Å². The largest absolute Gasteiger partial charge is 0.416 e. The minimum atomic E-state index is -4.24. The minimum Gasteiger partial charge on any atom is -0.317 e. The number of hydrogen-bond acceptors (Lipinski definition) is 1. The molecule has 0 saturated carbocycles. The molecule has 0 spiro atoms. The van der Waals surface area contributed by atoms with E-state index in [1.54, 1.807) is 12.2 Å². The van der Waals surface area contributed by atoms with Gasteiger partial charge >= 0.3 is 6.18 Å². The Hall–Kier alpha value is -1.03. The fourth-order valence-electron chi connectivity index (χ4n) is 2.42. The molecule has 0 aromatic carbocycles. The van der Waals surface area contributed by atoms with E-state index < -0.39 is 11.7 Å². The molecule has 1 aliphatic heterocycles. The third-order valence-corrected chi connectivity index (χ3v) is 3.27. The second-order valence-corrected chi connectivity index (χ2v) is 4.43. The van der Waals surface area contributed by atoms with E-state index in [1.807, 2.05) is 0 Å². The number of hydrogen-bond donors (Lipinski definition) is 1. The molecular formula is C13H16F3N. The molecule has 0 amide bonds. The van der Waals surface area contributed by atoms with Crippen molar-refractivity contribution in [3.8, 4) is 0 Å². The van der Waals surface area contributed by atoms with Crippen molar-refractivity contribution in [3.05, 3.63) is 35.5 Å². The van der Waals surface area contributed by atoms with Crippen molar-refractivity contribution in [2.75, 3.05) is 13.1 Å². The average molecular weight is 243 g/mol. The van der Waals surface area contributed by atoms with Crippen LogP contribution in [0.3, 0.4) is 0 Å². The second kappa shape index (κ2) is 5.08. The van der Waals surface area contributed by atoms with Gasteiger partial charge in [0.15, 0.2) is 0 Å². The summed E-state index contributed by atoms with van der Waals surface area (Å²) in [5.74, 6) is 0.0454. The molecule has 1 heterocycles. The first-order chi connectivity index (χ1) is 8.09. The molecule has 1 N–H and O–H groups in total. The van der Waals surface area contributed by atoms with Gasteiger partial charge in [0.1, 0.15) is 0 Å². The van der Waals surface area contributed by atoms with Gasteiger partial charge in [0.25, 0.3) is 0 Å². The number of piperidine rings is 1. The third-order valence-electron chi connectivity index (χ3n) is 3.27. The summed E-state index contributed by atoms with van der Waals surface area (Å²) in [4.78, 5) is 0. The predicted octanol–water partition coefficient (Wildman–Crippen LogP) is 3.36. The Kier molecular flexibility index (Phi) is 3.72. The van der Waals surface area contributed by atoms with E-state index >= 15 is 0 Å². The summed E-state index contributed by atoms with van der Waals surface area (Å²) >= 11 is 0. The van der Waals surface area contributed by atoms with Crippen molar-refractivity contribution in [2.24, 2.45) is 5.92 Å². The molecule has 1 fully saturated rings. The lowest BCUT2D eigenvalue weighted by atomic mass is 9.85. The Morgan fingerprint density at radius 1 is 1.18 bits per heavy atom. The zero-order valence-corrected chi connectivity index (χ0v) is 9.56. The molecule has 1 nitrogen and oxygen atoms in total. The van der Waals surface area contributed by atoms with Gasteiger partial charge in [-0.05, 0) is 43.8 Å². The molecule has 4 heteroatoms. The molecule has 0 aromatic heterocycles. The summed E-state index contributed by atoms with van der Waals surface area (Å²) in [7, 11) is 0. The zero-order chi connectivity index (χ0) is 12.3. The Morgan fingerprint density at radius 3 is 2.53 bits per heavy atom. The zero-order valence-electron chi connectivity index (χ0n) is 9.56. The second-order valence-electron chi connectivity index (χ2n) is 4.43. The van der Waals surface area contributed by atoms with Gasteiger partial charge in [-0.1, -0.05) is 24.3 Å². The van der Waals surface area contributed by atoms with Crippen LogP contribution in [0.15, 0.2) is 35.5 Å². The van der Waals surface area contributed by atoms with Crippen LogP contribution < -0.4 is 5.32 Å².